The minimum absolute atomic E-state index is 0.628. The van der Waals surface area contributed by atoms with Crippen LogP contribution in [0.15, 0.2) is 36.4 Å². The Hall–Kier alpha value is -1.69. The maximum atomic E-state index is 6.25. The smallest absolute Gasteiger partial charge is 0.129 e. The number of halogens is 1. The molecule has 0 aliphatic carbocycles. The number of benzene rings is 2. The highest BCUT2D eigenvalue weighted by Crippen LogP contribution is 2.30. The molecule has 108 valence electrons. The Balaban J connectivity index is 1.77. The normalized spacial score (nSPS) is 11.0. The standard InChI is InChI=1S/C15H14ClN3OS/c1-20-9-11-4-2-10(3-5-11)8-17-14-12(16)6-7-13-15(14)19-21-18-13/h2-7,17H,8-9H2,1H3. The summed E-state index contributed by atoms with van der Waals surface area (Å²) >= 11 is 7.44. The summed E-state index contributed by atoms with van der Waals surface area (Å²) in [5.74, 6) is 0. The van der Waals surface area contributed by atoms with Gasteiger partial charge in [-0.2, -0.15) is 8.75 Å². The van der Waals surface area contributed by atoms with E-state index in [-0.39, 0.29) is 0 Å². The number of aromatic nitrogens is 2. The summed E-state index contributed by atoms with van der Waals surface area (Å²) in [4.78, 5) is 0. The van der Waals surface area contributed by atoms with Gasteiger partial charge in [0.25, 0.3) is 0 Å². The van der Waals surface area contributed by atoms with Gasteiger partial charge in [0, 0.05) is 13.7 Å². The summed E-state index contributed by atoms with van der Waals surface area (Å²) in [7, 11) is 1.69. The van der Waals surface area contributed by atoms with Crippen molar-refractivity contribution < 1.29 is 4.74 Å². The van der Waals surface area contributed by atoms with Crippen molar-refractivity contribution in [2.45, 2.75) is 13.2 Å². The second kappa shape index (κ2) is 6.39. The van der Waals surface area contributed by atoms with E-state index < -0.39 is 0 Å². The molecule has 4 nitrogen and oxygen atoms in total. The lowest BCUT2D eigenvalue weighted by Crippen LogP contribution is -2.01. The number of hydrogen-bond acceptors (Lipinski definition) is 5. The van der Waals surface area contributed by atoms with Crippen LogP contribution in [0.2, 0.25) is 5.02 Å². The maximum absolute atomic E-state index is 6.25. The first-order valence-electron chi connectivity index (χ1n) is 6.49. The third kappa shape index (κ3) is 3.15. The van der Waals surface area contributed by atoms with E-state index in [1.165, 1.54) is 17.3 Å². The van der Waals surface area contributed by atoms with Gasteiger partial charge in [0.05, 0.1) is 29.0 Å². The van der Waals surface area contributed by atoms with Crippen molar-refractivity contribution in [3.63, 3.8) is 0 Å². The molecule has 0 atom stereocenters. The van der Waals surface area contributed by atoms with E-state index in [9.17, 15) is 0 Å². The van der Waals surface area contributed by atoms with E-state index in [0.29, 0.717) is 18.2 Å². The fourth-order valence-electron chi connectivity index (χ4n) is 2.11. The molecule has 0 aliphatic rings. The summed E-state index contributed by atoms with van der Waals surface area (Å²) in [6.45, 7) is 1.31. The summed E-state index contributed by atoms with van der Waals surface area (Å²) in [6, 6.07) is 12.0. The second-order valence-electron chi connectivity index (χ2n) is 4.66. The van der Waals surface area contributed by atoms with Gasteiger partial charge in [-0.3, -0.25) is 0 Å². The molecule has 1 N–H and O–H groups in total. The molecule has 0 radical (unpaired) electrons. The van der Waals surface area contributed by atoms with E-state index in [1.807, 2.05) is 12.1 Å². The first-order chi connectivity index (χ1) is 10.3. The average Bonchev–Trinajstić information content (AvgIpc) is 2.97. The van der Waals surface area contributed by atoms with Crippen LogP contribution >= 0.6 is 23.3 Å². The Labute approximate surface area is 132 Å². The van der Waals surface area contributed by atoms with E-state index >= 15 is 0 Å². The molecule has 6 heteroatoms. The molecule has 2 aromatic carbocycles. The van der Waals surface area contributed by atoms with Crippen LogP contribution in [0.4, 0.5) is 5.69 Å². The second-order valence-corrected chi connectivity index (χ2v) is 5.59. The van der Waals surface area contributed by atoms with Crippen LogP contribution in [0.3, 0.4) is 0 Å². The lowest BCUT2D eigenvalue weighted by Gasteiger charge is -2.09. The van der Waals surface area contributed by atoms with Crippen molar-refractivity contribution in [2.75, 3.05) is 12.4 Å². The molecule has 0 saturated carbocycles. The molecular weight excluding hydrogens is 306 g/mol. The number of rotatable bonds is 5. The summed E-state index contributed by atoms with van der Waals surface area (Å²) in [6.07, 6.45) is 0. The lowest BCUT2D eigenvalue weighted by molar-refractivity contribution is 0.185. The van der Waals surface area contributed by atoms with Crippen LogP contribution < -0.4 is 5.32 Å². The lowest BCUT2D eigenvalue weighted by atomic mass is 10.1. The van der Waals surface area contributed by atoms with Crippen molar-refractivity contribution in [3.05, 3.63) is 52.5 Å². The van der Waals surface area contributed by atoms with Crippen LogP contribution in [0.1, 0.15) is 11.1 Å². The van der Waals surface area contributed by atoms with Gasteiger partial charge in [-0.1, -0.05) is 35.9 Å². The minimum atomic E-state index is 0.628. The van der Waals surface area contributed by atoms with E-state index in [0.717, 1.165) is 22.3 Å². The van der Waals surface area contributed by atoms with Gasteiger partial charge in [0.2, 0.25) is 0 Å². The minimum Gasteiger partial charge on any atom is -0.380 e. The average molecular weight is 320 g/mol. The van der Waals surface area contributed by atoms with Crippen LogP contribution in [0, 0.1) is 0 Å². The highest BCUT2D eigenvalue weighted by molar-refractivity contribution is 7.00. The molecular formula is C15H14ClN3OS. The number of anilines is 1. The summed E-state index contributed by atoms with van der Waals surface area (Å²) in [5.41, 5.74) is 4.85. The van der Waals surface area contributed by atoms with Gasteiger partial charge in [-0.05, 0) is 23.3 Å². The van der Waals surface area contributed by atoms with Crippen LogP contribution in [0.5, 0.6) is 0 Å². The third-order valence-corrected chi connectivity index (χ3v) is 4.04. The van der Waals surface area contributed by atoms with E-state index in [1.54, 1.807) is 7.11 Å². The number of hydrogen-bond donors (Lipinski definition) is 1. The Morgan fingerprint density at radius 1 is 1.10 bits per heavy atom. The number of fused-ring (bicyclic) bond motifs is 1. The first-order valence-corrected chi connectivity index (χ1v) is 7.60. The molecule has 0 bridgehead atoms. The molecule has 0 spiro atoms. The quantitative estimate of drug-likeness (QED) is 0.769. The van der Waals surface area contributed by atoms with E-state index in [2.05, 4.69) is 38.3 Å². The monoisotopic (exact) mass is 319 g/mol. The van der Waals surface area contributed by atoms with Gasteiger partial charge in [0.15, 0.2) is 0 Å². The number of methoxy groups -OCH3 is 1. The SMILES string of the molecule is COCc1ccc(CNc2c(Cl)ccc3nsnc23)cc1. The number of nitrogens with zero attached hydrogens (tertiary/aromatic N) is 2. The Kier molecular flexibility index (Phi) is 4.34. The van der Waals surface area contributed by atoms with Crippen LogP contribution in [-0.2, 0) is 17.9 Å². The van der Waals surface area contributed by atoms with Crippen molar-refractivity contribution in [2.24, 2.45) is 0 Å². The first kappa shape index (κ1) is 14.3. The van der Waals surface area contributed by atoms with Crippen LogP contribution in [0.25, 0.3) is 11.0 Å². The van der Waals surface area contributed by atoms with Crippen molar-refractivity contribution in [1.82, 2.24) is 8.75 Å². The highest BCUT2D eigenvalue weighted by atomic mass is 35.5. The molecule has 3 rings (SSSR count). The molecule has 3 aromatic rings. The summed E-state index contributed by atoms with van der Waals surface area (Å²) < 4.78 is 13.6. The zero-order chi connectivity index (χ0) is 14.7. The maximum Gasteiger partial charge on any atom is 0.129 e. The number of ether oxygens (including phenoxy) is 1. The molecule has 0 saturated heterocycles. The Bertz CT molecular complexity index is 742. The van der Waals surface area contributed by atoms with Gasteiger partial charge >= 0.3 is 0 Å². The highest BCUT2D eigenvalue weighted by Gasteiger charge is 2.09. The Morgan fingerprint density at radius 3 is 2.62 bits per heavy atom. The fraction of sp³-hybridized carbons (Fsp3) is 0.200. The largest absolute Gasteiger partial charge is 0.380 e. The van der Waals surface area contributed by atoms with Crippen molar-refractivity contribution in [1.29, 1.82) is 0 Å². The fourth-order valence-corrected chi connectivity index (χ4v) is 2.87. The zero-order valence-electron chi connectivity index (χ0n) is 11.5. The van der Waals surface area contributed by atoms with Gasteiger partial charge in [-0.25, -0.2) is 0 Å². The van der Waals surface area contributed by atoms with Crippen molar-refractivity contribution in [3.8, 4) is 0 Å². The van der Waals surface area contributed by atoms with E-state index in [4.69, 9.17) is 16.3 Å². The van der Waals surface area contributed by atoms with Gasteiger partial charge in [-0.15, -0.1) is 0 Å². The molecule has 0 unspecified atom stereocenters. The third-order valence-electron chi connectivity index (χ3n) is 3.18. The number of nitrogens with one attached hydrogen (secondary N) is 1. The Morgan fingerprint density at radius 2 is 1.86 bits per heavy atom. The summed E-state index contributed by atoms with van der Waals surface area (Å²) in [5, 5.41) is 4.01. The molecule has 0 amide bonds. The zero-order valence-corrected chi connectivity index (χ0v) is 13.0. The van der Waals surface area contributed by atoms with Crippen molar-refractivity contribution >= 4 is 40.0 Å². The van der Waals surface area contributed by atoms with Gasteiger partial charge in [0.1, 0.15) is 11.0 Å². The molecule has 1 heterocycles. The molecule has 0 aliphatic heterocycles. The predicted octanol–water partition coefficient (Wildman–Crippen LogP) is 4.10. The molecule has 21 heavy (non-hydrogen) atoms. The topological polar surface area (TPSA) is 47.0 Å². The molecule has 0 fully saturated rings. The van der Waals surface area contributed by atoms with Crippen LogP contribution in [-0.4, -0.2) is 15.9 Å². The predicted molar refractivity (Wildman–Crippen MR) is 86.9 cm³/mol. The molecule has 1 aromatic heterocycles. The van der Waals surface area contributed by atoms with Gasteiger partial charge < -0.3 is 10.1 Å².